The van der Waals surface area contributed by atoms with Gasteiger partial charge in [-0.2, -0.15) is 0 Å². The largest absolute Gasteiger partial charge is 0.494 e. The molecule has 1 aromatic heterocycles. The molecule has 0 aliphatic heterocycles. The van der Waals surface area contributed by atoms with Crippen LogP contribution in [0.4, 0.5) is 0 Å². The highest BCUT2D eigenvalue weighted by Gasteiger charge is 2.20. The zero-order valence-electron chi connectivity index (χ0n) is 25.5. The van der Waals surface area contributed by atoms with Gasteiger partial charge in [-0.15, -0.1) is 0 Å². The average Bonchev–Trinajstić information content (AvgIpc) is 2.97. The number of unbranched alkanes of at least 4 members (excludes halogenated alkanes) is 16. The van der Waals surface area contributed by atoms with Crippen LogP contribution in [0, 0.1) is 5.92 Å². The van der Waals surface area contributed by atoms with Gasteiger partial charge < -0.3 is 4.74 Å². The molecule has 1 aromatic carbocycles. The lowest BCUT2D eigenvalue weighted by Gasteiger charge is -2.24. The van der Waals surface area contributed by atoms with Crippen LogP contribution >= 0.6 is 0 Å². The minimum atomic E-state index is 0.811. The first-order valence-corrected chi connectivity index (χ1v) is 16.9. The molecule has 0 radical (unpaired) electrons. The smallest absolute Gasteiger partial charge is 0.159 e. The summed E-state index contributed by atoms with van der Waals surface area (Å²) < 4.78 is 6.00. The van der Waals surface area contributed by atoms with Gasteiger partial charge in [0.1, 0.15) is 5.75 Å². The maximum absolute atomic E-state index is 6.00. The van der Waals surface area contributed by atoms with Crippen molar-refractivity contribution in [3.63, 3.8) is 0 Å². The molecule has 0 saturated heterocycles. The summed E-state index contributed by atoms with van der Waals surface area (Å²) in [4.78, 5) is 9.72. The van der Waals surface area contributed by atoms with Gasteiger partial charge in [-0.3, -0.25) is 0 Å². The van der Waals surface area contributed by atoms with Gasteiger partial charge in [0.2, 0.25) is 0 Å². The molecule has 218 valence electrons. The van der Waals surface area contributed by atoms with E-state index in [9.17, 15) is 0 Å². The molecule has 1 unspecified atom stereocenters. The van der Waals surface area contributed by atoms with Crippen LogP contribution in [0.3, 0.4) is 0 Å². The van der Waals surface area contributed by atoms with E-state index in [0.29, 0.717) is 0 Å². The summed E-state index contributed by atoms with van der Waals surface area (Å²) in [6.45, 7) is 5.39. The Bertz CT molecular complexity index is 878. The highest BCUT2D eigenvalue weighted by atomic mass is 16.5. The Balaban J connectivity index is 1.29. The van der Waals surface area contributed by atoms with E-state index in [4.69, 9.17) is 14.7 Å². The normalized spacial score (nSPS) is 14.9. The fourth-order valence-electron chi connectivity index (χ4n) is 6.02. The van der Waals surface area contributed by atoms with Crippen molar-refractivity contribution in [3.05, 3.63) is 41.7 Å². The monoisotopic (exact) mass is 534 g/mol. The second-order valence-corrected chi connectivity index (χ2v) is 12.1. The van der Waals surface area contributed by atoms with Crippen molar-refractivity contribution in [2.24, 2.45) is 5.92 Å². The maximum Gasteiger partial charge on any atom is 0.159 e. The van der Waals surface area contributed by atoms with Crippen LogP contribution in [0.5, 0.6) is 5.75 Å². The zero-order valence-corrected chi connectivity index (χ0v) is 25.5. The molecule has 1 atom stereocenters. The first-order chi connectivity index (χ1) is 19.3. The Morgan fingerprint density at radius 2 is 1.26 bits per heavy atom. The minimum Gasteiger partial charge on any atom is -0.494 e. The number of rotatable bonds is 22. The summed E-state index contributed by atoms with van der Waals surface area (Å²) in [6, 6.07) is 8.38. The summed E-state index contributed by atoms with van der Waals surface area (Å²) in [7, 11) is 0. The molecule has 3 nitrogen and oxygen atoms in total. The van der Waals surface area contributed by atoms with Gasteiger partial charge in [0.25, 0.3) is 0 Å². The first-order valence-electron chi connectivity index (χ1n) is 16.9. The van der Waals surface area contributed by atoms with E-state index in [0.717, 1.165) is 48.9 Å². The number of hydrogen-bond acceptors (Lipinski definition) is 3. The SMILES string of the molecule is CCCCCCCCCCCCOc1ccc(-c2ncc3c(n2)CCC(CCCCCCCCCC)C3)cc1. The van der Waals surface area contributed by atoms with Gasteiger partial charge in [-0.1, -0.05) is 129 Å². The van der Waals surface area contributed by atoms with Crippen LogP contribution in [0.2, 0.25) is 0 Å². The van der Waals surface area contributed by atoms with Gasteiger partial charge in [0.15, 0.2) is 5.82 Å². The lowest BCUT2D eigenvalue weighted by atomic mass is 9.84. The number of ether oxygens (including phenoxy) is 1. The molecular formula is C36H58N2O. The van der Waals surface area contributed by atoms with E-state index in [-0.39, 0.29) is 0 Å². The van der Waals surface area contributed by atoms with Gasteiger partial charge in [-0.25, -0.2) is 9.97 Å². The van der Waals surface area contributed by atoms with E-state index in [1.165, 1.54) is 133 Å². The Kier molecular flexibility index (Phi) is 16.3. The molecule has 39 heavy (non-hydrogen) atoms. The van der Waals surface area contributed by atoms with Crippen LogP contribution in [0.25, 0.3) is 11.4 Å². The molecule has 2 aromatic rings. The van der Waals surface area contributed by atoms with Crippen LogP contribution in [0.15, 0.2) is 30.5 Å². The molecule has 0 saturated carbocycles. The van der Waals surface area contributed by atoms with Crippen molar-refractivity contribution in [2.45, 2.75) is 155 Å². The average molecular weight is 535 g/mol. The Labute approximate surface area is 241 Å². The van der Waals surface area contributed by atoms with E-state index in [1.54, 1.807) is 0 Å². The predicted molar refractivity (Wildman–Crippen MR) is 168 cm³/mol. The molecule has 3 heteroatoms. The number of hydrogen-bond donors (Lipinski definition) is 0. The van der Waals surface area contributed by atoms with Crippen molar-refractivity contribution in [1.29, 1.82) is 0 Å². The number of benzene rings is 1. The fraction of sp³-hybridized carbons (Fsp3) is 0.722. The summed E-state index contributed by atoms with van der Waals surface area (Å²) in [5.74, 6) is 2.63. The van der Waals surface area contributed by atoms with Crippen LogP contribution in [-0.2, 0) is 12.8 Å². The van der Waals surface area contributed by atoms with Crippen molar-refractivity contribution >= 4 is 0 Å². The number of fused-ring (bicyclic) bond motifs is 1. The van der Waals surface area contributed by atoms with Crippen molar-refractivity contribution in [1.82, 2.24) is 9.97 Å². The fourth-order valence-corrected chi connectivity index (χ4v) is 6.02. The van der Waals surface area contributed by atoms with Crippen LogP contribution in [0.1, 0.15) is 154 Å². The zero-order chi connectivity index (χ0) is 27.4. The van der Waals surface area contributed by atoms with E-state index in [2.05, 4.69) is 44.3 Å². The molecule has 1 heterocycles. The second kappa shape index (κ2) is 20.0. The van der Waals surface area contributed by atoms with Crippen LogP contribution < -0.4 is 4.74 Å². The maximum atomic E-state index is 6.00. The van der Waals surface area contributed by atoms with Gasteiger partial charge in [0, 0.05) is 17.5 Å². The predicted octanol–water partition coefficient (Wildman–Crippen LogP) is 11.1. The second-order valence-electron chi connectivity index (χ2n) is 12.1. The third kappa shape index (κ3) is 12.9. The lowest BCUT2D eigenvalue weighted by Crippen LogP contribution is -2.16. The molecular weight excluding hydrogens is 476 g/mol. The molecule has 0 amide bonds. The quantitative estimate of drug-likeness (QED) is 0.141. The standard InChI is InChI=1S/C36H58N2O/c1-3-5-7-9-11-13-14-16-18-20-28-39-34-25-23-32(24-26-34)36-37-30-33-29-31(22-27-35(33)38-36)21-19-17-15-12-10-8-6-4-2/h23-26,30-31H,3-22,27-29H2,1-2H3. The summed E-state index contributed by atoms with van der Waals surface area (Å²) in [5, 5.41) is 0. The lowest BCUT2D eigenvalue weighted by molar-refractivity contribution is 0.304. The number of aryl methyl sites for hydroxylation is 1. The topological polar surface area (TPSA) is 35.0 Å². The molecule has 1 aliphatic rings. The number of nitrogens with zero attached hydrogens (tertiary/aromatic N) is 2. The van der Waals surface area contributed by atoms with Gasteiger partial charge >= 0.3 is 0 Å². The van der Waals surface area contributed by atoms with Gasteiger partial charge in [-0.05, 0) is 61.4 Å². The van der Waals surface area contributed by atoms with Crippen LogP contribution in [-0.4, -0.2) is 16.6 Å². The Morgan fingerprint density at radius 3 is 1.87 bits per heavy atom. The van der Waals surface area contributed by atoms with Crippen molar-refractivity contribution < 1.29 is 4.74 Å². The van der Waals surface area contributed by atoms with Gasteiger partial charge in [0.05, 0.1) is 6.61 Å². The van der Waals surface area contributed by atoms with E-state index in [1.807, 2.05) is 0 Å². The highest BCUT2D eigenvalue weighted by Crippen LogP contribution is 2.29. The third-order valence-corrected chi connectivity index (χ3v) is 8.60. The Morgan fingerprint density at radius 1 is 0.692 bits per heavy atom. The Hall–Kier alpha value is -1.90. The summed E-state index contributed by atoms with van der Waals surface area (Å²) in [6.07, 6.45) is 31.8. The number of aromatic nitrogens is 2. The molecule has 3 rings (SSSR count). The first kappa shape index (κ1) is 31.6. The summed E-state index contributed by atoms with van der Waals surface area (Å²) in [5.41, 5.74) is 3.74. The third-order valence-electron chi connectivity index (χ3n) is 8.60. The van der Waals surface area contributed by atoms with Crippen molar-refractivity contribution in [3.8, 4) is 17.1 Å². The van der Waals surface area contributed by atoms with E-state index >= 15 is 0 Å². The molecule has 1 aliphatic carbocycles. The molecule has 0 N–H and O–H groups in total. The summed E-state index contributed by atoms with van der Waals surface area (Å²) >= 11 is 0. The molecule has 0 fully saturated rings. The highest BCUT2D eigenvalue weighted by molar-refractivity contribution is 5.56. The van der Waals surface area contributed by atoms with E-state index < -0.39 is 0 Å². The molecule has 0 bridgehead atoms. The van der Waals surface area contributed by atoms with Crippen molar-refractivity contribution in [2.75, 3.05) is 6.61 Å². The molecule has 0 spiro atoms. The minimum absolute atomic E-state index is 0.811.